The van der Waals surface area contributed by atoms with Gasteiger partial charge in [0, 0.05) is 44.4 Å². The van der Waals surface area contributed by atoms with Crippen LogP contribution < -0.4 is 5.32 Å². The normalized spacial score (nSPS) is 13.5. The van der Waals surface area contributed by atoms with Crippen molar-refractivity contribution in [2.75, 3.05) is 0 Å². The maximum absolute atomic E-state index is 6.58. The molecule has 0 unspecified atom stereocenters. The molecule has 0 fully saturated rings. The SMILES string of the molecule is c1ccc(C2=NC(c3cccc(-c4cccc5oc6cc(-n7c8ccccc8c8ccccc87)ccc6c45)c3)N=C(c3ccccc3)N2)cc1. The molecule has 0 atom stereocenters. The fraction of sp³-hybridized carbons (Fsp3) is 0.0222. The quantitative estimate of drug-likeness (QED) is 0.203. The van der Waals surface area contributed by atoms with Crippen molar-refractivity contribution in [2.24, 2.45) is 9.98 Å². The highest BCUT2D eigenvalue weighted by Crippen LogP contribution is 2.40. The van der Waals surface area contributed by atoms with Crippen molar-refractivity contribution in [2.45, 2.75) is 6.17 Å². The second-order valence-electron chi connectivity index (χ2n) is 12.6. The van der Waals surface area contributed by atoms with Gasteiger partial charge in [-0.1, -0.05) is 127 Å². The minimum Gasteiger partial charge on any atom is -0.456 e. The molecule has 50 heavy (non-hydrogen) atoms. The zero-order valence-electron chi connectivity index (χ0n) is 27.0. The first-order valence-corrected chi connectivity index (χ1v) is 16.9. The van der Waals surface area contributed by atoms with E-state index in [9.17, 15) is 0 Å². The number of fused-ring (bicyclic) bond motifs is 6. The van der Waals surface area contributed by atoms with Crippen LogP contribution in [0.15, 0.2) is 184 Å². The lowest BCUT2D eigenvalue weighted by atomic mass is 9.97. The van der Waals surface area contributed by atoms with Crippen molar-refractivity contribution >= 4 is 55.4 Å². The molecular weight excluding hydrogens is 613 g/mol. The van der Waals surface area contributed by atoms with Gasteiger partial charge in [-0.05, 0) is 53.1 Å². The predicted octanol–water partition coefficient (Wildman–Crippen LogP) is 10.8. The van der Waals surface area contributed by atoms with Crippen molar-refractivity contribution in [1.82, 2.24) is 9.88 Å². The van der Waals surface area contributed by atoms with Gasteiger partial charge in [-0.3, -0.25) is 0 Å². The van der Waals surface area contributed by atoms with Gasteiger partial charge >= 0.3 is 0 Å². The highest BCUT2D eigenvalue weighted by atomic mass is 16.3. The number of amidine groups is 2. The van der Waals surface area contributed by atoms with Crippen LogP contribution in [-0.4, -0.2) is 16.2 Å². The van der Waals surface area contributed by atoms with Gasteiger partial charge in [-0.25, -0.2) is 9.98 Å². The van der Waals surface area contributed by atoms with E-state index in [0.717, 1.165) is 67.1 Å². The summed E-state index contributed by atoms with van der Waals surface area (Å²) < 4.78 is 8.91. The number of hydrogen-bond donors (Lipinski definition) is 1. The number of benzene rings is 7. The van der Waals surface area contributed by atoms with Crippen molar-refractivity contribution in [3.63, 3.8) is 0 Å². The summed E-state index contributed by atoms with van der Waals surface area (Å²) in [6.07, 6.45) is -0.407. The lowest BCUT2D eigenvalue weighted by Crippen LogP contribution is -2.35. The Kier molecular flexibility index (Phi) is 6.49. The molecule has 236 valence electrons. The van der Waals surface area contributed by atoms with Crippen LogP contribution in [0, 0.1) is 0 Å². The molecule has 10 rings (SSSR count). The fourth-order valence-corrected chi connectivity index (χ4v) is 7.35. The Balaban J connectivity index is 1.09. The molecule has 0 saturated carbocycles. The number of aromatic nitrogens is 1. The molecule has 2 aromatic heterocycles. The van der Waals surface area contributed by atoms with Gasteiger partial charge in [-0.15, -0.1) is 0 Å². The van der Waals surface area contributed by atoms with Gasteiger partial charge in [0.15, 0.2) is 6.17 Å². The minimum absolute atomic E-state index is 0.407. The first kappa shape index (κ1) is 28.3. The molecule has 7 aromatic carbocycles. The average molecular weight is 643 g/mol. The first-order valence-electron chi connectivity index (χ1n) is 16.9. The Morgan fingerprint density at radius 1 is 0.480 bits per heavy atom. The summed E-state index contributed by atoms with van der Waals surface area (Å²) in [5, 5.41) is 8.16. The van der Waals surface area contributed by atoms with Crippen LogP contribution in [0.4, 0.5) is 0 Å². The largest absolute Gasteiger partial charge is 0.456 e. The number of rotatable bonds is 5. The highest BCUT2D eigenvalue weighted by Gasteiger charge is 2.22. The van der Waals surface area contributed by atoms with Gasteiger partial charge in [0.2, 0.25) is 0 Å². The number of hydrogen-bond acceptors (Lipinski definition) is 4. The lowest BCUT2D eigenvalue weighted by Gasteiger charge is -2.22. The Hall–Kier alpha value is -6.72. The Bertz CT molecular complexity index is 2680. The maximum Gasteiger partial charge on any atom is 0.169 e. The second kappa shape index (κ2) is 11.5. The molecular formula is C45H30N4O. The van der Waals surface area contributed by atoms with Crippen molar-refractivity contribution in [3.8, 4) is 16.8 Å². The molecule has 1 N–H and O–H groups in total. The summed E-state index contributed by atoms with van der Waals surface area (Å²) in [6.45, 7) is 0. The summed E-state index contributed by atoms with van der Waals surface area (Å²) in [7, 11) is 0. The van der Waals surface area contributed by atoms with Gasteiger partial charge < -0.3 is 14.3 Å². The van der Waals surface area contributed by atoms with Gasteiger partial charge in [0.05, 0.1) is 11.0 Å². The zero-order valence-corrected chi connectivity index (χ0v) is 27.0. The van der Waals surface area contributed by atoms with Gasteiger partial charge in [-0.2, -0.15) is 0 Å². The summed E-state index contributed by atoms with van der Waals surface area (Å²) in [5.41, 5.74) is 10.4. The molecule has 0 amide bonds. The van der Waals surface area contributed by atoms with Gasteiger partial charge in [0.25, 0.3) is 0 Å². The lowest BCUT2D eigenvalue weighted by molar-refractivity contribution is 0.668. The minimum atomic E-state index is -0.407. The third-order valence-electron chi connectivity index (χ3n) is 9.65. The van der Waals surface area contributed by atoms with E-state index in [-0.39, 0.29) is 0 Å². The summed E-state index contributed by atoms with van der Waals surface area (Å²) in [4.78, 5) is 10.2. The van der Waals surface area contributed by atoms with E-state index in [2.05, 4.69) is 143 Å². The number of para-hydroxylation sites is 2. The molecule has 5 heteroatoms. The monoisotopic (exact) mass is 642 g/mol. The van der Waals surface area contributed by atoms with Crippen LogP contribution in [0.2, 0.25) is 0 Å². The van der Waals surface area contributed by atoms with Gasteiger partial charge in [0.1, 0.15) is 22.8 Å². The molecule has 1 aliphatic rings. The smallest absolute Gasteiger partial charge is 0.169 e. The van der Waals surface area contributed by atoms with E-state index in [1.807, 2.05) is 36.4 Å². The van der Waals surface area contributed by atoms with Crippen molar-refractivity contribution in [1.29, 1.82) is 0 Å². The average Bonchev–Trinajstić information content (AvgIpc) is 3.74. The molecule has 0 saturated heterocycles. The number of nitrogens with zero attached hydrogens (tertiary/aromatic N) is 3. The van der Waals surface area contributed by atoms with Crippen LogP contribution in [0.3, 0.4) is 0 Å². The number of nitrogens with one attached hydrogen (secondary N) is 1. The number of aliphatic imine (C=N–C) groups is 2. The van der Waals surface area contributed by atoms with Crippen LogP contribution in [0.1, 0.15) is 22.9 Å². The zero-order chi connectivity index (χ0) is 33.0. The molecule has 0 bridgehead atoms. The topological polar surface area (TPSA) is 54.8 Å². The molecule has 3 heterocycles. The standard InChI is InChI=1S/C45H30N4O/c1-3-13-29(14-4-1)43-46-44(30-15-5-2-6-16-30)48-45(47-43)32-18-11-17-31(27-32)34-21-12-24-40-42(34)37-26-25-33(28-41(37)50-40)49-38-22-9-7-19-35(38)36-20-8-10-23-39(36)49/h1-28,45H,(H,46,47,48). The fourth-order valence-electron chi connectivity index (χ4n) is 7.35. The highest BCUT2D eigenvalue weighted by molar-refractivity contribution is 6.16. The Labute approximate surface area is 288 Å². The number of furan rings is 1. The molecule has 5 nitrogen and oxygen atoms in total. The van der Waals surface area contributed by atoms with Crippen molar-refractivity contribution in [3.05, 3.63) is 187 Å². The van der Waals surface area contributed by atoms with Crippen LogP contribution in [0.5, 0.6) is 0 Å². The molecule has 0 radical (unpaired) electrons. The van der Waals surface area contributed by atoms with Crippen molar-refractivity contribution < 1.29 is 4.42 Å². The van der Waals surface area contributed by atoms with Crippen LogP contribution >= 0.6 is 0 Å². The maximum atomic E-state index is 6.58. The Morgan fingerprint density at radius 3 is 1.76 bits per heavy atom. The third kappa shape index (κ3) is 4.63. The molecule has 0 spiro atoms. The van der Waals surface area contributed by atoms with Crippen LogP contribution in [-0.2, 0) is 0 Å². The van der Waals surface area contributed by atoms with E-state index in [1.165, 1.54) is 21.8 Å². The molecule has 9 aromatic rings. The second-order valence-corrected chi connectivity index (χ2v) is 12.6. The third-order valence-corrected chi connectivity index (χ3v) is 9.65. The van der Waals surface area contributed by atoms with E-state index in [1.54, 1.807) is 0 Å². The first-order chi connectivity index (χ1) is 24.8. The predicted molar refractivity (Wildman–Crippen MR) is 205 cm³/mol. The van der Waals surface area contributed by atoms with E-state index < -0.39 is 6.17 Å². The molecule has 1 aliphatic heterocycles. The molecule has 0 aliphatic carbocycles. The van der Waals surface area contributed by atoms with E-state index in [0.29, 0.717) is 0 Å². The summed E-state index contributed by atoms with van der Waals surface area (Å²) >= 11 is 0. The Morgan fingerprint density at radius 2 is 1.08 bits per heavy atom. The van der Waals surface area contributed by atoms with E-state index in [4.69, 9.17) is 14.4 Å². The van der Waals surface area contributed by atoms with Crippen LogP contribution in [0.25, 0.3) is 60.6 Å². The summed E-state index contributed by atoms with van der Waals surface area (Å²) in [5.74, 6) is 1.61. The van der Waals surface area contributed by atoms with E-state index >= 15 is 0 Å². The summed E-state index contributed by atoms with van der Waals surface area (Å²) in [6, 6.07) is 59.1.